The molecule has 0 fully saturated rings. The number of ether oxygens (including phenoxy) is 1. The van der Waals surface area contributed by atoms with Gasteiger partial charge in [-0.15, -0.1) is 0 Å². The predicted octanol–water partition coefficient (Wildman–Crippen LogP) is 5.85. The number of benzene rings is 2. The van der Waals surface area contributed by atoms with Crippen molar-refractivity contribution in [2.75, 3.05) is 12.5 Å². The van der Waals surface area contributed by atoms with Crippen LogP contribution in [0.4, 0.5) is 5.13 Å². The predicted molar refractivity (Wildman–Crippen MR) is 124 cm³/mol. The summed E-state index contributed by atoms with van der Waals surface area (Å²) in [5.74, 6) is 0.253. The van der Waals surface area contributed by atoms with Crippen molar-refractivity contribution in [3.8, 4) is 11.3 Å². The molecule has 0 radical (unpaired) electrons. The van der Waals surface area contributed by atoms with Crippen LogP contribution < -0.4 is 10.8 Å². The Hall–Kier alpha value is -3.16. The van der Waals surface area contributed by atoms with Gasteiger partial charge in [0.2, 0.25) is 5.13 Å². The van der Waals surface area contributed by atoms with Gasteiger partial charge in [0.15, 0.2) is 0 Å². The van der Waals surface area contributed by atoms with E-state index >= 15 is 0 Å². The lowest BCUT2D eigenvalue weighted by Crippen LogP contribution is -2.09. The van der Waals surface area contributed by atoms with Gasteiger partial charge < -0.3 is 9.15 Å². The van der Waals surface area contributed by atoms with Crippen molar-refractivity contribution in [1.29, 1.82) is 0 Å². The first-order valence-corrected chi connectivity index (χ1v) is 10.7. The van der Waals surface area contributed by atoms with E-state index < -0.39 is 5.97 Å². The summed E-state index contributed by atoms with van der Waals surface area (Å²) >= 11 is 7.23. The molecule has 0 spiro atoms. The average Bonchev–Trinajstić information content (AvgIpc) is 3.11. The van der Waals surface area contributed by atoms with Crippen molar-refractivity contribution < 1.29 is 13.9 Å². The van der Waals surface area contributed by atoms with Gasteiger partial charge in [-0.3, -0.25) is 5.43 Å². The molecule has 6 nitrogen and oxygen atoms in total. The highest BCUT2D eigenvalue weighted by Gasteiger charge is 2.15. The highest BCUT2D eigenvalue weighted by atomic mass is 35.5. The maximum Gasteiger partial charge on any atom is 0.350 e. The van der Waals surface area contributed by atoms with E-state index in [4.69, 9.17) is 20.8 Å². The number of rotatable bonds is 4. The summed E-state index contributed by atoms with van der Waals surface area (Å²) in [4.78, 5) is 16.7. The Balaban J connectivity index is 1.85. The fourth-order valence-electron chi connectivity index (χ4n) is 3.36. The van der Waals surface area contributed by atoms with Gasteiger partial charge in [-0.1, -0.05) is 29.0 Å². The number of carbonyl (C=O) groups is 1. The van der Waals surface area contributed by atoms with Crippen molar-refractivity contribution in [2.45, 2.75) is 20.8 Å². The number of anilines is 1. The number of nitrogens with zero attached hydrogens (tertiary/aromatic N) is 2. The summed E-state index contributed by atoms with van der Waals surface area (Å²) < 4.78 is 11.0. The molecule has 0 aliphatic rings. The molecule has 4 rings (SSSR count). The van der Waals surface area contributed by atoms with Crippen molar-refractivity contribution in [2.24, 2.45) is 5.10 Å². The van der Waals surface area contributed by atoms with Crippen molar-refractivity contribution in [3.05, 3.63) is 74.5 Å². The highest BCUT2D eigenvalue weighted by molar-refractivity contribution is 7.17. The third-order valence-electron chi connectivity index (χ3n) is 4.76. The summed E-state index contributed by atoms with van der Waals surface area (Å²) in [6.45, 7) is 5.81. The zero-order valence-electron chi connectivity index (χ0n) is 17.4. The first-order chi connectivity index (χ1) is 14.9. The van der Waals surface area contributed by atoms with Crippen LogP contribution in [-0.2, 0) is 4.74 Å². The molecule has 2 heterocycles. The molecule has 0 aliphatic carbocycles. The average molecular weight is 454 g/mol. The third-order valence-corrected chi connectivity index (χ3v) is 6.05. The molecule has 2 aromatic carbocycles. The number of hydrogen-bond donors (Lipinski definition) is 1. The second kappa shape index (κ2) is 8.53. The number of nitrogens with one attached hydrogen (secondary N) is 1. The van der Waals surface area contributed by atoms with E-state index in [9.17, 15) is 4.79 Å². The summed E-state index contributed by atoms with van der Waals surface area (Å²) in [6.07, 6.45) is 0. The minimum absolute atomic E-state index is 0.414. The number of aromatic nitrogens is 1. The molecule has 4 aromatic rings. The molecule has 0 amide bonds. The maximum absolute atomic E-state index is 11.9. The first kappa shape index (κ1) is 21.1. The zero-order chi connectivity index (χ0) is 22.1. The van der Waals surface area contributed by atoms with Crippen LogP contribution >= 0.6 is 22.9 Å². The van der Waals surface area contributed by atoms with Gasteiger partial charge in [0.1, 0.15) is 16.2 Å². The van der Waals surface area contributed by atoms with Gasteiger partial charge in [-0.2, -0.15) is 5.10 Å². The van der Waals surface area contributed by atoms with Gasteiger partial charge in [-0.05, 0) is 62.2 Å². The number of thiazole rings is 1. The molecular formula is C23H20ClN3O3S. The topological polar surface area (TPSA) is 76.7 Å². The van der Waals surface area contributed by atoms with Crippen LogP contribution in [0.3, 0.4) is 0 Å². The Morgan fingerprint density at radius 3 is 2.61 bits per heavy atom. The number of carbonyl (C=O) groups excluding carboxylic acids is 1. The second-order valence-corrected chi connectivity index (χ2v) is 8.54. The fourth-order valence-corrected chi connectivity index (χ4v) is 4.31. The van der Waals surface area contributed by atoms with E-state index in [2.05, 4.69) is 21.6 Å². The summed E-state index contributed by atoms with van der Waals surface area (Å²) in [5.41, 5.74) is 7.34. The molecule has 8 heteroatoms. The quantitative estimate of drug-likeness (QED) is 0.310. The first-order valence-electron chi connectivity index (χ1n) is 9.52. The van der Waals surface area contributed by atoms with Gasteiger partial charge >= 0.3 is 5.97 Å². The summed E-state index contributed by atoms with van der Waals surface area (Å²) in [6, 6.07) is 13.4. The van der Waals surface area contributed by atoms with Gasteiger partial charge in [-0.25, -0.2) is 9.78 Å². The van der Waals surface area contributed by atoms with E-state index in [0.717, 1.165) is 27.7 Å². The molecule has 0 saturated heterocycles. The van der Waals surface area contributed by atoms with Crippen LogP contribution in [0.15, 0.2) is 52.0 Å². The normalized spacial score (nSPS) is 11.7. The maximum atomic E-state index is 11.9. The van der Waals surface area contributed by atoms with Gasteiger partial charge in [0, 0.05) is 22.0 Å². The molecule has 0 unspecified atom stereocenters. The SMILES string of the molecule is COC(=O)c1sc(N/N=c2\cc(-c3ccc(Cl)cc3)oc3cc(C)cc(C)c23)nc1C. The number of halogens is 1. The van der Waals surface area contributed by atoms with E-state index in [1.165, 1.54) is 18.4 Å². The lowest BCUT2D eigenvalue weighted by Gasteiger charge is -2.08. The molecule has 1 N–H and O–H groups in total. The molecule has 0 aliphatic heterocycles. The summed E-state index contributed by atoms with van der Waals surface area (Å²) in [5, 5.41) is 7.36. The van der Waals surface area contributed by atoms with Crippen LogP contribution in [-0.4, -0.2) is 18.1 Å². The third kappa shape index (κ3) is 4.33. The Morgan fingerprint density at radius 2 is 1.90 bits per heavy atom. The molecular weight excluding hydrogens is 434 g/mol. The standard InChI is InChI=1S/C23H20ClN3O3S/c1-12-9-13(2)20-17(26-27-23-25-14(3)21(31-23)22(28)29-4)11-18(30-19(20)10-12)15-5-7-16(24)8-6-15/h5-11H,1-4H3,(H,25,27)/b26-17+. The van der Waals surface area contributed by atoms with Crippen LogP contribution in [0.25, 0.3) is 22.3 Å². The zero-order valence-corrected chi connectivity index (χ0v) is 19.0. The monoisotopic (exact) mass is 453 g/mol. The highest BCUT2D eigenvalue weighted by Crippen LogP contribution is 2.26. The lowest BCUT2D eigenvalue weighted by atomic mass is 10.1. The Labute approximate surface area is 188 Å². The minimum Gasteiger partial charge on any atom is -0.465 e. The molecule has 0 bridgehead atoms. The van der Waals surface area contributed by atoms with Crippen molar-refractivity contribution in [3.63, 3.8) is 0 Å². The smallest absolute Gasteiger partial charge is 0.350 e. The number of fused-ring (bicyclic) bond motifs is 1. The molecule has 31 heavy (non-hydrogen) atoms. The van der Waals surface area contributed by atoms with Crippen LogP contribution in [0.2, 0.25) is 5.02 Å². The number of esters is 1. The molecule has 0 saturated carbocycles. The van der Waals surface area contributed by atoms with Crippen LogP contribution in [0.1, 0.15) is 26.5 Å². The largest absolute Gasteiger partial charge is 0.465 e. The van der Waals surface area contributed by atoms with E-state index in [1.807, 2.05) is 50.2 Å². The van der Waals surface area contributed by atoms with Gasteiger partial charge in [0.05, 0.1) is 18.2 Å². The van der Waals surface area contributed by atoms with Gasteiger partial charge in [0.25, 0.3) is 0 Å². The molecule has 0 atom stereocenters. The second-order valence-electron chi connectivity index (χ2n) is 7.11. The van der Waals surface area contributed by atoms with Crippen molar-refractivity contribution in [1.82, 2.24) is 4.98 Å². The van der Waals surface area contributed by atoms with Crippen LogP contribution in [0.5, 0.6) is 0 Å². The van der Waals surface area contributed by atoms with Crippen molar-refractivity contribution >= 4 is 45.0 Å². The Bertz CT molecular complexity index is 1360. The lowest BCUT2D eigenvalue weighted by molar-refractivity contribution is 0.0605. The fraction of sp³-hybridized carbons (Fsp3) is 0.174. The van der Waals surface area contributed by atoms with E-state index in [0.29, 0.717) is 31.8 Å². The minimum atomic E-state index is -0.414. The Morgan fingerprint density at radius 1 is 1.16 bits per heavy atom. The van der Waals surface area contributed by atoms with E-state index in [1.54, 1.807) is 6.92 Å². The number of methoxy groups -OCH3 is 1. The molecule has 2 aromatic heterocycles. The van der Waals surface area contributed by atoms with Crippen LogP contribution in [0, 0.1) is 20.8 Å². The summed E-state index contributed by atoms with van der Waals surface area (Å²) in [7, 11) is 1.35. The molecule has 158 valence electrons. The Kier molecular flexibility index (Phi) is 5.80. The number of aryl methyl sites for hydroxylation is 3. The number of hydrogen-bond acceptors (Lipinski definition) is 7. The van der Waals surface area contributed by atoms with E-state index in [-0.39, 0.29) is 0 Å².